The number of nitrogens with zero attached hydrogens (tertiary/aromatic N) is 3. The summed E-state index contributed by atoms with van der Waals surface area (Å²) >= 11 is 0. The van der Waals surface area contributed by atoms with Gasteiger partial charge in [-0.05, 0) is 0 Å². The normalized spacial score (nSPS) is 15.6. The van der Waals surface area contributed by atoms with E-state index in [0.29, 0.717) is 32.9 Å². The van der Waals surface area contributed by atoms with E-state index in [1.165, 1.54) is 4.68 Å². The van der Waals surface area contributed by atoms with Crippen molar-refractivity contribution in [2.45, 2.75) is 6.54 Å². The average Bonchev–Trinajstić information content (AvgIpc) is 2.49. The number of hydrogen-bond donors (Lipinski definition) is 1. The Kier molecular flexibility index (Phi) is 5.97. The fraction of sp³-hybridized carbons (Fsp3) is 0.692. The van der Waals surface area contributed by atoms with Gasteiger partial charge in [-0.3, -0.25) is 4.79 Å². The highest BCUT2D eigenvalue weighted by Gasteiger charge is 2.12. The minimum atomic E-state index is -0.0671. The van der Waals surface area contributed by atoms with E-state index in [0.717, 1.165) is 25.3 Å². The lowest BCUT2D eigenvalue weighted by Gasteiger charge is -2.28. The summed E-state index contributed by atoms with van der Waals surface area (Å²) in [4.78, 5) is 14.1. The smallest absolute Gasteiger partial charge is 0.268 e. The first-order valence-electron chi connectivity index (χ1n) is 6.91. The van der Waals surface area contributed by atoms with Gasteiger partial charge in [0.1, 0.15) is 0 Å². The molecule has 0 spiro atoms. The minimum Gasteiger partial charge on any atom is -0.383 e. The molecule has 0 saturated carbocycles. The van der Waals surface area contributed by atoms with Crippen LogP contribution in [0.3, 0.4) is 0 Å². The highest BCUT2D eigenvalue weighted by atomic mass is 16.5. The van der Waals surface area contributed by atoms with Crippen LogP contribution in [0.15, 0.2) is 17.1 Å². The van der Waals surface area contributed by atoms with Crippen LogP contribution in [0.4, 0.5) is 5.69 Å². The van der Waals surface area contributed by atoms with Gasteiger partial charge in [-0.2, -0.15) is 5.10 Å². The molecule has 7 heteroatoms. The van der Waals surface area contributed by atoms with Crippen molar-refractivity contribution in [2.75, 3.05) is 58.0 Å². The molecule has 20 heavy (non-hydrogen) atoms. The van der Waals surface area contributed by atoms with Crippen LogP contribution >= 0.6 is 0 Å². The number of anilines is 1. The summed E-state index contributed by atoms with van der Waals surface area (Å²) in [5.41, 5.74) is 0.810. The van der Waals surface area contributed by atoms with Crippen molar-refractivity contribution in [3.05, 3.63) is 22.6 Å². The number of nitrogens with one attached hydrogen (secondary N) is 1. The SMILES string of the molecule is COCCNCCn1ncc(N2CCOCC2)cc1=O. The van der Waals surface area contributed by atoms with Gasteiger partial charge in [0.05, 0.1) is 38.2 Å². The lowest BCUT2D eigenvalue weighted by Crippen LogP contribution is -2.38. The molecule has 2 heterocycles. The van der Waals surface area contributed by atoms with E-state index in [2.05, 4.69) is 15.3 Å². The predicted molar refractivity (Wildman–Crippen MR) is 76.3 cm³/mol. The van der Waals surface area contributed by atoms with Crippen LogP contribution in [0.2, 0.25) is 0 Å². The van der Waals surface area contributed by atoms with Crippen LogP contribution < -0.4 is 15.8 Å². The first-order chi connectivity index (χ1) is 9.81. The molecule has 2 rings (SSSR count). The molecule has 0 atom stereocenters. The Morgan fingerprint density at radius 1 is 1.40 bits per heavy atom. The van der Waals surface area contributed by atoms with Crippen molar-refractivity contribution in [3.8, 4) is 0 Å². The Morgan fingerprint density at radius 2 is 2.20 bits per heavy atom. The van der Waals surface area contributed by atoms with Gasteiger partial charge in [0.2, 0.25) is 0 Å². The van der Waals surface area contributed by atoms with Crippen molar-refractivity contribution in [2.24, 2.45) is 0 Å². The van der Waals surface area contributed by atoms with Crippen LogP contribution in [-0.2, 0) is 16.0 Å². The number of ether oxygens (including phenoxy) is 2. The minimum absolute atomic E-state index is 0.0671. The molecule has 1 aromatic heterocycles. The Bertz CT molecular complexity index is 457. The fourth-order valence-electron chi connectivity index (χ4n) is 2.07. The molecule has 0 aliphatic carbocycles. The van der Waals surface area contributed by atoms with Crippen molar-refractivity contribution in [1.82, 2.24) is 15.1 Å². The van der Waals surface area contributed by atoms with Crippen LogP contribution in [0.5, 0.6) is 0 Å². The van der Waals surface area contributed by atoms with Crippen LogP contribution in [0, 0.1) is 0 Å². The van der Waals surface area contributed by atoms with Gasteiger partial charge in [0.25, 0.3) is 5.56 Å². The van der Waals surface area contributed by atoms with E-state index in [4.69, 9.17) is 9.47 Å². The molecule has 0 unspecified atom stereocenters. The first kappa shape index (κ1) is 15.0. The quantitative estimate of drug-likeness (QED) is 0.668. The molecule has 1 aliphatic rings. The number of methoxy groups -OCH3 is 1. The molecular formula is C13H22N4O3. The van der Waals surface area contributed by atoms with Gasteiger partial charge >= 0.3 is 0 Å². The molecule has 1 saturated heterocycles. The van der Waals surface area contributed by atoms with Gasteiger partial charge in [-0.15, -0.1) is 0 Å². The van der Waals surface area contributed by atoms with Crippen LogP contribution in [0.25, 0.3) is 0 Å². The highest BCUT2D eigenvalue weighted by molar-refractivity contribution is 5.43. The number of aromatic nitrogens is 2. The Hall–Kier alpha value is -1.44. The maximum atomic E-state index is 12.0. The third kappa shape index (κ3) is 4.29. The largest absolute Gasteiger partial charge is 0.383 e. The monoisotopic (exact) mass is 282 g/mol. The molecule has 1 fully saturated rings. The van der Waals surface area contributed by atoms with Crippen molar-refractivity contribution < 1.29 is 9.47 Å². The summed E-state index contributed by atoms with van der Waals surface area (Å²) < 4.78 is 11.7. The summed E-state index contributed by atoms with van der Waals surface area (Å²) in [6.07, 6.45) is 1.75. The molecule has 112 valence electrons. The molecular weight excluding hydrogens is 260 g/mol. The lowest BCUT2D eigenvalue weighted by molar-refractivity contribution is 0.122. The lowest BCUT2D eigenvalue weighted by atomic mass is 10.3. The topological polar surface area (TPSA) is 68.6 Å². The summed E-state index contributed by atoms with van der Waals surface area (Å²) in [5, 5.41) is 7.41. The molecule has 1 N–H and O–H groups in total. The molecule has 0 bridgehead atoms. The second-order valence-corrected chi connectivity index (χ2v) is 4.62. The van der Waals surface area contributed by atoms with Gasteiger partial charge in [-0.25, -0.2) is 4.68 Å². The molecule has 1 aliphatic heterocycles. The molecule has 0 aromatic carbocycles. The zero-order valence-corrected chi connectivity index (χ0v) is 11.9. The van der Waals surface area contributed by atoms with Crippen molar-refractivity contribution in [1.29, 1.82) is 0 Å². The van der Waals surface area contributed by atoms with E-state index in [-0.39, 0.29) is 5.56 Å². The van der Waals surface area contributed by atoms with Gasteiger partial charge in [0.15, 0.2) is 0 Å². The highest BCUT2D eigenvalue weighted by Crippen LogP contribution is 2.11. The summed E-state index contributed by atoms with van der Waals surface area (Å²) in [7, 11) is 1.66. The maximum Gasteiger partial charge on any atom is 0.268 e. The van der Waals surface area contributed by atoms with E-state index in [1.54, 1.807) is 19.4 Å². The van der Waals surface area contributed by atoms with E-state index in [1.807, 2.05) is 0 Å². The predicted octanol–water partition coefficient (Wildman–Crippen LogP) is -0.684. The number of rotatable bonds is 7. The van der Waals surface area contributed by atoms with Gasteiger partial charge < -0.3 is 19.7 Å². The van der Waals surface area contributed by atoms with Gasteiger partial charge in [-0.1, -0.05) is 0 Å². The summed E-state index contributed by atoms with van der Waals surface area (Å²) in [5.74, 6) is 0. The molecule has 0 amide bonds. The van der Waals surface area contributed by atoms with Crippen LogP contribution in [0.1, 0.15) is 0 Å². The standard InChI is InChI=1S/C13H22N4O3/c1-19-7-3-14-2-4-17-13(18)10-12(11-15-17)16-5-8-20-9-6-16/h10-11,14H,2-9H2,1H3. The zero-order chi connectivity index (χ0) is 14.2. The first-order valence-corrected chi connectivity index (χ1v) is 6.91. The summed E-state index contributed by atoms with van der Waals surface area (Å²) in [6.45, 7) is 5.72. The summed E-state index contributed by atoms with van der Waals surface area (Å²) in [6, 6.07) is 1.65. The second kappa shape index (κ2) is 7.98. The van der Waals surface area contributed by atoms with Crippen molar-refractivity contribution >= 4 is 5.69 Å². The van der Waals surface area contributed by atoms with E-state index in [9.17, 15) is 4.79 Å². The zero-order valence-electron chi connectivity index (χ0n) is 11.9. The second-order valence-electron chi connectivity index (χ2n) is 4.62. The fourth-order valence-corrected chi connectivity index (χ4v) is 2.07. The number of hydrogen-bond acceptors (Lipinski definition) is 6. The van der Waals surface area contributed by atoms with Crippen molar-refractivity contribution in [3.63, 3.8) is 0 Å². The molecule has 7 nitrogen and oxygen atoms in total. The van der Waals surface area contributed by atoms with Crippen LogP contribution in [-0.4, -0.2) is 62.9 Å². The third-order valence-electron chi connectivity index (χ3n) is 3.21. The van der Waals surface area contributed by atoms with Gasteiger partial charge in [0, 0.05) is 39.4 Å². The van der Waals surface area contributed by atoms with E-state index < -0.39 is 0 Å². The number of morpholine rings is 1. The molecule has 0 radical (unpaired) electrons. The third-order valence-corrected chi connectivity index (χ3v) is 3.21. The van der Waals surface area contributed by atoms with E-state index >= 15 is 0 Å². The maximum absolute atomic E-state index is 12.0. The molecule has 1 aromatic rings. The average molecular weight is 282 g/mol. The Labute approximate surface area is 118 Å². The Balaban J connectivity index is 1.87. The Morgan fingerprint density at radius 3 is 2.90 bits per heavy atom.